The molecule has 1 saturated heterocycles. The molecule has 3 N–H and O–H groups in total. The molecule has 5 heteroatoms. The molecule has 0 bridgehead atoms. The first kappa shape index (κ1) is 15.0. The third-order valence-corrected chi connectivity index (χ3v) is 5.57. The lowest BCUT2D eigenvalue weighted by atomic mass is 9.77. The quantitative estimate of drug-likeness (QED) is 0.799. The van der Waals surface area contributed by atoms with E-state index in [-0.39, 0.29) is 11.9 Å². The van der Waals surface area contributed by atoms with Crippen LogP contribution in [0.4, 0.5) is 0 Å². The van der Waals surface area contributed by atoms with Crippen LogP contribution in [0.25, 0.3) is 0 Å². The number of hydrogen-bond acceptors (Lipinski definition) is 4. The Kier molecular flexibility index (Phi) is 4.93. The molecule has 1 saturated carbocycles. The van der Waals surface area contributed by atoms with Gasteiger partial charge < -0.3 is 15.7 Å². The van der Waals surface area contributed by atoms with E-state index in [1.165, 1.54) is 25.7 Å². The highest BCUT2D eigenvalue weighted by atomic mass is 32.1. The van der Waals surface area contributed by atoms with E-state index in [0.29, 0.717) is 12.6 Å². The predicted molar refractivity (Wildman–Crippen MR) is 84.2 cm³/mol. The highest BCUT2D eigenvalue weighted by Gasteiger charge is 2.34. The van der Waals surface area contributed by atoms with Gasteiger partial charge in [0.15, 0.2) is 0 Å². The first-order chi connectivity index (χ1) is 10.2. The maximum atomic E-state index is 12.3. The maximum absolute atomic E-state index is 12.3. The third-order valence-electron chi connectivity index (χ3n) is 4.86. The van der Waals surface area contributed by atoms with Gasteiger partial charge in [0.25, 0.3) is 0 Å². The second-order valence-corrected chi connectivity index (χ2v) is 7.05. The molecule has 0 spiro atoms. The van der Waals surface area contributed by atoms with E-state index in [4.69, 9.17) is 0 Å². The van der Waals surface area contributed by atoms with Gasteiger partial charge in [-0.1, -0.05) is 12.8 Å². The van der Waals surface area contributed by atoms with Gasteiger partial charge in [0, 0.05) is 12.6 Å². The van der Waals surface area contributed by atoms with Crippen molar-refractivity contribution in [2.45, 2.75) is 56.7 Å². The first-order valence-corrected chi connectivity index (χ1v) is 8.92. The van der Waals surface area contributed by atoms with E-state index >= 15 is 0 Å². The molecule has 1 aromatic heterocycles. The number of thiophene rings is 1. The Morgan fingerprint density at radius 3 is 3.05 bits per heavy atom. The average Bonchev–Trinajstić information content (AvgIpc) is 3.06. The maximum Gasteiger partial charge on any atom is 0.237 e. The lowest BCUT2D eigenvalue weighted by Gasteiger charge is -2.39. The van der Waals surface area contributed by atoms with Crippen LogP contribution in [0, 0.1) is 5.92 Å². The van der Waals surface area contributed by atoms with E-state index < -0.39 is 6.10 Å². The first-order valence-electron chi connectivity index (χ1n) is 7.98. The molecule has 116 valence electrons. The molecule has 3 rings (SSSR count). The van der Waals surface area contributed by atoms with Crippen LogP contribution < -0.4 is 10.6 Å². The van der Waals surface area contributed by atoms with Gasteiger partial charge in [0.2, 0.25) is 5.91 Å². The van der Waals surface area contributed by atoms with Crippen molar-refractivity contribution in [3.63, 3.8) is 0 Å². The number of carbonyl (C=O) groups excluding carboxylic acids is 1. The zero-order valence-electron chi connectivity index (χ0n) is 12.3. The molecule has 2 heterocycles. The number of hydrogen-bond donors (Lipinski definition) is 3. The summed E-state index contributed by atoms with van der Waals surface area (Å²) in [6.45, 7) is 0.293. The molecule has 1 amide bonds. The Labute approximate surface area is 129 Å². The van der Waals surface area contributed by atoms with Crippen LogP contribution in [0.5, 0.6) is 0 Å². The molecule has 4 nitrogen and oxygen atoms in total. The summed E-state index contributed by atoms with van der Waals surface area (Å²) in [5, 5.41) is 20.3. The minimum atomic E-state index is -0.605. The summed E-state index contributed by atoms with van der Waals surface area (Å²) in [5.41, 5.74) is 0.879. The number of rotatable bonds is 4. The number of aliphatic hydroxyl groups excluding tert-OH is 1. The third kappa shape index (κ3) is 3.65. The highest BCUT2D eigenvalue weighted by molar-refractivity contribution is 7.07. The summed E-state index contributed by atoms with van der Waals surface area (Å²) in [4.78, 5) is 12.3. The SMILES string of the molecule is O=C(NCC(O)c1ccsc1)C1CCC2CCCCC2N1. The smallest absolute Gasteiger partial charge is 0.237 e. The number of piperidine rings is 1. The van der Waals surface area contributed by atoms with E-state index in [9.17, 15) is 9.90 Å². The fraction of sp³-hybridized carbons (Fsp3) is 0.688. The van der Waals surface area contributed by atoms with Gasteiger partial charge in [-0.2, -0.15) is 11.3 Å². The highest BCUT2D eigenvalue weighted by Crippen LogP contribution is 2.32. The molecule has 1 aliphatic heterocycles. The molecule has 4 unspecified atom stereocenters. The summed E-state index contributed by atoms with van der Waals surface area (Å²) in [7, 11) is 0. The largest absolute Gasteiger partial charge is 0.387 e. The topological polar surface area (TPSA) is 61.4 Å². The fourth-order valence-corrected chi connectivity index (χ4v) is 4.31. The van der Waals surface area contributed by atoms with Crippen molar-refractivity contribution in [1.29, 1.82) is 0 Å². The summed E-state index contributed by atoms with van der Waals surface area (Å²) < 4.78 is 0. The fourth-order valence-electron chi connectivity index (χ4n) is 3.60. The van der Waals surface area contributed by atoms with Crippen LogP contribution >= 0.6 is 11.3 Å². The molecule has 2 aliphatic rings. The standard InChI is InChI=1S/C16H24N2O2S/c19-15(12-7-8-21-10-12)9-17-16(20)14-6-5-11-3-1-2-4-13(11)18-14/h7-8,10-11,13-15,18-19H,1-6,9H2,(H,17,20). The normalized spacial score (nSPS) is 30.4. The monoisotopic (exact) mass is 308 g/mol. The molecule has 1 aromatic rings. The Morgan fingerprint density at radius 2 is 2.24 bits per heavy atom. The number of carbonyl (C=O) groups is 1. The van der Waals surface area contributed by atoms with Crippen LogP contribution in [-0.2, 0) is 4.79 Å². The van der Waals surface area contributed by atoms with Crippen LogP contribution in [0.3, 0.4) is 0 Å². The van der Waals surface area contributed by atoms with Crippen LogP contribution in [0.15, 0.2) is 16.8 Å². The van der Waals surface area contributed by atoms with Gasteiger partial charge in [-0.15, -0.1) is 0 Å². The molecule has 0 radical (unpaired) electrons. The second kappa shape index (κ2) is 6.90. The Bertz CT molecular complexity index is 463. The molecular formula is C16H24N2O2S. The summed E-state index contributed by atoms with van der Waals surface area (Å²) in [5.74, 6) is 0.799. The van der Waals surface area contributed by atoms with Gasteiger partial charge in [-0.25, -0.2) is 0 Å². The minimum Gasteiger partial charge on any atom is -0.387 e. The molecule has 0 aromatic carbocycles. The van der Waals surface area contributed by atoms with Gasteiger partial charge >= 0.3 is 0 Å². The zero-order chi connectivity index (χ0) is 14.7. The van der Waals surface area contributed by atoms with Gasteiger partial charge in [-0.05, 0) is 54.0 Å². The summed E-state index contributed by atoms with van der Waals surface area (Å²) >= 11 is 1.56. The molecular weight excluding hydrogens is 284 g/mol. The van der Waals surface area contributed by atoms with Crippen molar-refractivity contribution in [2.75, 3.05) is 6.54 Å². The molecule has 21 heavy (non-hydrogen) atoms. The lowest BCUT2D eigenvalue weighted by molar-refractivity contribution is -0.125. The van der Waals surface area contributed by atoms with E-state index in [0.717, 1.165) is 24.3 Å². The van der Waals surface area contributed by atoms with Crippen molar-refractivity contribution in [1.82, 2.24) is 10.6 Å². The van der Waals surface area contributed by atoms with Crippen LogP contribution in [0.1, 0.15) is 50.2 Å². The van der Waals surface area contributed by atoms with Gasteiger partial charge in [0.1, 0.15) is 0 Å². The van der Waals surface area contributed by atoms with Gasteiger partial charge in [0.05, 0.1) is 12.1 Å². The average molecular weight is 308 g/mol. The number of nitrogens with one attached hydrogen (secondary N) is 2. The van der Waals surface area contributed by atoms with Crippen molar-refractivity contribution < 1.29 is 9.90 Å². The van der Waals surface area contributed by atoms with E-state index in [2.05, 4.69) is 10.6 Å². The second-order valence-electron chi connectivity index (χ2n) is 6.27. The molecule has 2 fully saturated rings. The molecule has 1 aliphatic carbocycles. The van der Waals surface area contributed by atoms with Crippen LogP contribution in [-0.4, -0.2) is 29.6 Å². The van der Waals surface area contributed by atoms with Gasteiger partial charge in [-0.3, -0.25) is 4.79 Å². The number of aliphatic hydroxyl groups is 1. The van der Waals surface area contributed by atoms with Crippen molar-refractivity contribution in [3.05, 3.63) is 22.4 Å². The predicted octanol–water partition coefficient (Wildman–Crippen LogP) is 2.21. The van der Waals surface area contributed by atoms with E-state index in [1.54, 1.807) is 11.3 Å². The van der Waals surface area contributed by atoms with Crippen molar-refractivity contribution >= 4 is 17.2 Å². The Balaban J connectivity index is 1.47. The van der Waals surface area contributed by atoms with Crippen LogP contribution in [0.2, 0.25) is 0 Å². The number of amides is 1. The number of fused-ring (bicyclic) bond motifs is 1. The zero-order valence-corrected chi connectivity index (χ0v) is 13.1. The summed E-state index contributed by atoms with van der Waals surface area (Å²) in [6.07, 6.45) is 6.59. The van der Waals surface area contributed by atoms with E-state index in [1.807, 2.05) is 16.8 Å². The summed E-state index contributed by atoms with van der Waals surface area (Å²) in [6, 6.07) is 2.33. The lowest BCUT2D eigenvalue weighted by Crippen LogP contribution is -2.55. The Hall–Kier alpha value is -0.910. The molecule has 4 atom stereocenters. The van der Waals surface area contributed by atoms with Crippen molar-refractivity contribution in [3.8, 4) is 0 Å². The minimum absolute atomic E-state index is 0.0355. The van der Waals surface area contributed by atoms with Crippen molar-refractivity contribution in [2.24, 2.45) is 5.92 Å². The Morgan fingerprint density at radius 1 is 1.38 bits per heavy atom.